The molecule has 0 unspecified atom stereocenters. The van der Waals surface area contributed by atoms with Gasteiger partial charge in [-0.3, -0.25) is 19.0 Å². The third-order valence-electron chi connectivity index (χ3n) is 3.49. The van der Waals surface area contributed by atoms with Crippen molar-refractivity contribution in [2.45, 2.75) is 6.54 Å². The van der Waals surface area contributed by atoms with Gasteiger partial charge in [-0.05, 0) is 40.3 Å². The maximum absolute atomic E-state index is 12.4. The van der Waals surface area contributed by atoms with Gasteiger partial charge in [0.25, 0.3) is 5.56 Å². The number of nitrogens with zero attached hydrogens (tertiary/aromatic N) is 3. The molecule has 114 valence electrons. The zero-order valence-electron chi connectivity index (χ0n) is 12.0. The van der Waals surface area contributed by atoms with Crippen LogP contribution in [0.5, 0.6) is 5.75 Å². The molecule has 22 heavy (non-hydrogen) atoms. The zero-order chi connectivity index (χ0) is 15.9. The van der Waals surface area contributed by atoms with Gasteiger partial charge in [-0.25, -0.2) is 4.79 Å². The number of methoxy groups -OCH3 is 1. The van der Waals surface area contributed by atoms with Gasteiger partial charge < -0.3 is 4.74 Å². The first kappa shape index (κ1) is 14.8. The van der Waals surface area contributed by atoms with E-state index in [1.807, 2.05) is 46.9 Å². The van der Waals surface area contributed by atoms with Crippen molar-refractivity contribution >= 4 is 33.6 Å². The van der Waals surface area contributed by atoms with Gasteiger partial charge in [0.2, 0.25) is 0 Å². The van der Waals surface area contributed by atoms with Crippen LogP contribution in [-0.2, 0) is 13.6 Å². The summed E-state index contributed by atoms with van der Waals surface area (Å²) in [6, 6.07) is 7.40. The molecular formula is C14H13IN4O3. The van der Waals surface area contributed by atoms with E-state index in [0.717, 1.165) is 15.9 Å². The Kier molecular flexibility index (Phi) is 3.77. The number of benzene rings is 1. The van der Waals surface area contributed by atoms with Gasteiger partial charge in [0.1, 0.15) is 14.8 Å². The van der Waals surface area contributed by atoms with E-state index in [-0.39, 0.29) is 5.56 Å². The smallest absolute Gasteiger partial charge is 0.332 e. The maximum Gasteiger partial charge on any atom is 0.332 e. The van der Waals surface area contributed by atoms with E-state index in [1.165, 1.54) is 11.6 Å². The summed E-state index contributed by atoms with van der Waals surface area (Å²) in [4.78, 5) is 24.6. The van der Waals surface area contributed by atoms with E-state index < -0.39 is 5.69 Å². The van der Waals surface area contributed by atoms with Crippen LogP contribution in [0.1, 0.15) is 5.56 Å². The van der Waals surface area contributed by atoms with Crippen LogP contribution in [0.2, 0.25) is 0 Å². The minimum absolute atomic E-state index is 0.328. The normalized spacial score (nSPS) is 11.0. The average molecular weight is 412 g/mol. The van der Waals surface area contributed by atoms with Crippen molar-refractivity contribution in [2.24, 2.45) is 7.05 Å². The molecule has 1 N–H and O–H groups in total. The number of fused-ring (bicyclic) bond motifs is 1. The standard InChI is InChI=1S/C14H13IN4O3/c1-18-13(20)10-11(15)16-17-12(10)19(14(18)21)7-8-3-5-9(22-2)6-4-8/h3-6H,7H2,1-2H3,(H,16,17). The highest BCUT2D eigenvalue weighted by atomic mass is 127. The quantitative estimate of drug-likeness (QED) is 0.653. The van der Waals surface area contributed by atoms with E-state index in [2.05, 4.69) is 10.2 Å². The van der Waals surface area contributed by atoms with Crippen molar-refractivity contribution in [2.75, 3.05) is 7.11 Å². The number of rotatable bonds is 3. The number of ether oxygens (including phenoxy) is 1. The number of halogens is 1. The third kappa shape index (κ3) is 2.32. The van der Waals surface area contributed by atoms with Crippen LogP contribution in [0.25, 0.3) is 11.0 Å². The van der Waals surface area contributed by atoms with Crippen LogP contribution in [-0.4, -0.2) is 26.4 Å². The molecule has 0 bridgehead atoms. The lowest BCUT2D eigenvalue weighted by Crippen LogP contribution is -2.38. The van der Waals surface area contributed by atoms with Gasteiger partial charge in [0.05, 0.1) is 13.7 Å². The van der Waals surface area contributed by atoms with Gasteiger partial charge in [0.15, 0.2) is 5.65 Å². The first-order valence-corrected chi connectivity index (χ1v) is 7.57. The fourth-order valence-electron chi connectivity index (χ4n) is 2.28. The topological polar surface area (TPSA) is 81.9 Å². The van der Waals surface area contributed by atoms with Crippen molar-refractivity contribution in [3.05, 3.63) is 54.4 Å². The SMILES string of the molecule is COc1ccc(Cn2c(=O)n(C)c(=O)c3c(I)[nH]nc32)cc1. The average Bonchev–Trinajstić information content (AvgIpc) is 2.92. The minimum atomic E-state index is -0.392. The summed E-state index contributed by atoms with van der Waals surface area (Å²) in [6.07, 6.45) is 0. The number of H-pyrrole nitrogens is 1. The highest BCUT2D eigenvalue weighted by molar-refractivity contribution is 14.1. The Labute approximate surface area is 138 Å². The Hall–Kier alpha value is -2.10. The van der Waals surface area contributed by atoms with Crippen molar-refractivity contribution in [1.29, 1.82) is 0 Å². The molecule has 3 rings (SSSR count). The van der Waals surface area contributed by atoms with E-state index in [1.54, 1.807) is 7.11 Å². The summed E-state index contributed by atoms with van der Waals surface area (Å²) < 4.78 is 8.33. The second kappa shape index (κ2) is 5.59. The molecule has 0 saturated carbocycles. The number of aromatic amines is 1. The predicted octanol–water partition coefficient (Wildman–Crippen LogP) is 1.08. The molecule has 0 radical (unpaired) electrons. The lowest BCUT2D eigenvalue weighted by Gasteiger charge is -2.09. The van der Waals surface area contributed by atoms with Gasteiger partial charge >= 0.3 is 5.69 Å². The second-order valence-electron chi connectivity index (χ2n) is 4.82. The molecule has 3 aromatic rings. The molecule has 8 heteroatoms. The number of aromatic nitrogens is 4. The van der Waals surface area contributed by atoms with Crippen molar-refractivity contribution in [3.63, 3.8) is 0 Å². The molecule has 2 heterocycles. The molecule has 0 aliphatic heterocycles. The molecule has 1 aromatic carbocycles. The first-order valence-electron chi connectivity index (χ1n) is 6.49. The Bertz CT molecular complexity index is 953. The molecule has 2 aromatic heterocycles. The number of nitrogens with one attached hydrogen (secondary N) is 1. The second-order valence-corrected chi connectivity index (χ2v) is 5.90. The van der Waals surface area contributed by atoms with Gasteiger partial charge in [-0.2, -0.15) is 5.10 Å². The number of hydrogen-bond acceptors (Lipinski definition) is 4. The Morgan fingerprint density at radius 2 is 1.95 bits per heavy atom. The zero-order valence-corrected chi connectivity index (χ0v) is 14.1. The maximum atomic E-state index is 12.4. The molecule has 0 amide bonds. The van der Waals surface area contributed by atoms with E-state index >= 15 is 0 Å². The van der Waals surface area contributed by atoms with Crippen molar-refractivity contribution < 1.29 is 4.74 Å². The monoisotopic (exact) mass is 412 g/mol. The minimum Gasteiger partial charge on any atom is -0.497 e. The van der Waals surface area contributed by atoms with Crippen LogP contribution in [0.4, 0.5) is 0 Å². The largest absolute Gasteiger partial charge is 0.497 e. The fourth-order valence-corrected chi connectivity index (χ4v) is 2.87. The molecule has 0 aliphatic carbocycles. The summed E-state index contributed by atoms with van der Waals surface area (Å²) in [7, 11) is 3.07. The van der Waals surface area contributed by atoms with Crippen LogP contribution in [0, 0.1) is 3.70 Å². The summed E-state index contributed by atoms with van der Waals surface area (Å²) in [5.41, 5.74) is 0.550. The summed E-state index contributed by atoms with van der Waals surface area (Å²) in [5.74, 6) is 0.746. The Morgan fingerprint density at radius 3 is 2.59 bits per heavy atom. The van der Waals surface area contributed by atoms with Crippen LogP contribution < -0.4 is 16.0 Å². The fraction of sp³-hybridized carbons (Fsp3) is 0.214. The van der Waals surface area contributed by atoms with Crippen LogP contribution >= 0.6 is 22.6 Å². The molecule has 0 saturated heterocycles. The lowest BCUT2D eigenvalue weighted by atomic mass is 10.2. The van der Waals surface area contributed by atoms with E-state index in [9.17, 15) is 9.59 Å². The highest BCUT2D eigenvalue weighted by Crippen LogP contribution is 2.15. The van der Waals surface area contributed by atoms with E-state index in [0.29, 0.717) is 21.3 Å². The first-order chi connectivity index (χ1) is 10.5. The molecule has 0 spiro atoms. The van der Waals surface area contributed by atoms with Crippen molar-refractivity contribution in [1.82, 2.24) is 19.3 Å². The predicted molar refractivity (Wildman–Crippen MR) is 90.4 cm³/mol. The molecule has 0 fully saturated rings. The van der Waals surface area contributed by atoms with Crippen LogP contribution in [0.3, 0.4) is 0 Å². The Balaban J connectivity index is 2.18. The van der Waals surface area contributed by atoms with Crippen LogP contribution in [0.15, 0.2) is 33.9 Å². The molecular weight excluding hydrogens is 399 g/mol. The number of hydrogen-bond donors (Lipinski definition) is 1. The van der Waals surface area contributed by atoms with Gasteiger partial charge in [-0.1, -0.05) is 12.1 Å². The summed E-state index contributed by atoms with van der Waals surface area (Å²) in [5, 5.41) is 7.29. The van der Waals surface area contributed by atoms with Gasteiger partial charge in [0, 0.05) is 7.05 Å². The molecule has 7 nitrogen and oxygen atoms in total. The van der Waals surface area contributed by atoms with Gasteiger partial charge in [-0.15, -0.1) is 0 Å². The van der Waals surface area contributed by atoms with E-state index in [4.69, 9.17) is 4.74 Å². The Morgan fingerprint density at radius 1 is 1.27 bits per heavy atom. The third-order valence-corrected chi connectivity index (χ3v) is 4.28. The molecule has 0 aliphatic rings. The lowest BCUT2D eigenvalue weighted by molar-refractivity contribution is 0.414. The summed E-state index contributed by atoms with van der Waals surface area (Å²) >= 11 is 2.00. The summed E-state index contributed by atoms with van der Waals surface area (Å²) in [6.45, 7) is 0.328. The highest BCUT2D eigenvalue weighted by Gasteiger charge is 2.16. The van der Waals surface area contributed by atoms with Crippen molar-refractivity contribution in [3.8, 4) is 5.75 Å². The molecule has 0 atom stereocenters.